The van der Waals surface area contributed by atoms with Gasteiger partial charge < -0.3 is 16.4 Å². The molecule has 0 radical (unpaired) electrons. The van der Waals surface area contributed by atoms with E-state index in [4.69, 9.17) is 5.73 Å². The summed E-state index contributed by atoms with van der Waals surface area (Å²) in [5.74, 6) is -0.309. The van der Waals surface area contributed by atoms with Crippen molar-refractivity contribution in [3.8, 4) is 0 Å². The molecule has 2 aliphatic rings. The Balaban J connectivity index is 1.92. The Morgan fingerprint density at radius 3 is 2.48 bits per heavy atom. The zero-order valence-corrected chi connectivity index (χ0v) is 17.9. The van der Waals surface area contributed by atoms with E-state index >= 15 is 0 Å². The number of carbonyl (C=O) groups is 2. The summed E-state index contributed by atoms with van der Waals surface area (Å²) < 4.78 is 0. The maximum Gasteiger partial charge on any atom is 0.250 e. The highest BCUT2D eigenvalue weighted by Gasteiger charge is 2.33. The number of rotatable bonds is 6. The average Bonchev–Trinajstić information content (AvgIpc) is 2.60. The third-order valence-corrected chi connectivity index (χ3v) is 5.85. The highest BCUT2D eigenvalue weighted by atomic mass is 16.1. The smallest absolute Gasteiger partial charge is 0.250 e. The van der Waals surface area contributed by atoms with Crippen LogP contribution in [0.1, 0.15) is 76.1 Å². The van der Waals surface area contributed by atoms with E-state index < -0.39 is 5.91 Å². The van der Waals surface area contributed by atoms with E-state index in [1.807, 2.05) is 19.1 Å². The standard InChI is InChI=1S/C24H33N3O2/c1-15(2)22-20(13-24(3,4)14-21(22)28)27-17-10-11-18(23(25)29)19(12-17)26-16-8-6-5-7-9-16/h10-12,16,26-27H,1,5-9,13-14H2,2-4H3,(H2,25,29). The molecular weight excluding hydrogens is 362 g/mol. The molecule has 4 N–H and O–H groups in total. The summed E-state index contributed by atoms with van der Waals surface area (Å²) in [6.45, 7) is 10.1. The molecule has 0 aromatic heterocycles. The molecule has 1 aromatic carbocycles. The van der Waals surface area contributed by atoms with Gasteiger partial charge in [-0.25, -0.2) is 0 Å². The number of allylic oxidation sites excluding steroid dienone is 3. The number of Topliss-reactive ketones (excluding diaryl/α,β-unsaturated/α-hetero) is 1. The van der Waals surface area contributed by atoms with Crippen molar-refractivity contribution >= 4 is 23.1 Å². The molecule has 0 saturated heterocycles. The largest absolute Gasteiger partial charge is 0.382 e. The maximum atomic E-state index is 12.7. The zero-order valence-electron chi connectivity index (χ0n) is 17.9. The lowest BCUT2D eigenvalue weighted by Crippen LogP contribution is -2.29. The summed E-state index contributed by atoms with van der Waals surface area (Å²) in [5, 5.41) is 6.97. The van der Waals surface area contributed by atoms with Crippen molar-refractivity contribution in [3.05, 3.63) is 47.2 Å². The molecule has 1 amide bonds. The minimum Gasteiger partial charge on any atom is -0.382 e. The lowest BCUT2D eigenvalue weighted by Gasteiger charge is -2.33. The van der Waals surface area contributed by atoms with Crippen LogP contribution in [0.15, 0.2) is 41.6 Å². The first-order chi connectivity index (χ1) is 13.7. The number of nitrogens with one attached hydrogen (secondary N) is 2. The number of carbonyl (C=O) groups excluding carboxylic acids is 2. The van der Waals surface area contributed by atoms with Crippen molar-refractivity contribution < 1.29 is 9.59 Å². The van der Waals surface area contributed by atoms with E-state index in [-0.39, 0.29) is 11.2 Å². The highest BCUT2D eigenvalue weighted by Crippen LogP contribution is 2.39. The number of ketones is 1. The van der Waals surface area contributed by atoms with Crippen LogP contribution in [0.2, 0.25) is 0 Å². The Kier molecular flexibility index (Phi) is 6.15. The molecule has 29 heavy (non-hydrogen) atoms. The van der Waals surface area contributed by atoms with Gasteiger partial charge in [0.25, 0.3) is 5.91 Å². The van der Waals surface area contributed by atoms with Crippen LogP contribution in [0.5, 0.6) is 0 Å². The minimum atomic E-state index is -0.439. The van der Waals surface area contributed by atoms with E-state index in [2.05, 4.69) is 31.1 Å². The molecule has 1 saturated carbocycles. The molecule has 5 heteroatoms. The molecule has 0 unspecified atom stereocenters. The van der Waals surface area contributed by atoms with Crippen molar-refractivity contribution in [2.45, 2.75) is 71.8 Å². The third-order valence-electron chi connectivity index (χ3n) is 5.85. The number of amides is 1. The molecule has 0 spiro atoms. The number of anilines is 2. The molecule has 0 bridgehead atoms. The molecule has 0 aliphatic heterocycles. The maximum absolute atomic E-state index is 12.7. The number of primary amides is 1. The fourth-order valence-corrected chi connectivity index (χ4v) is 4.52. The lowest BCUT2D eigenvalue weighted by molar-refractivity contribution is -0.117. The predicted octanol–water partition coefficient (Wildman–Crippen LogP) is 5.16. The summed E-state index contributed by atoms with van der Waals surface area (Å²) in [6.07, 6.45) is 7.16. The summed E-state index contributed by atoms with van der Waals surface area (Å²) in [4.78, 5) is 24.6. The van der Waals surface area contributed by atoms with Crippen LogP contribution in [0.25, 0.3) is 0 Å². The molecule has 0 heterocycles. The van der Waals surface area contributed by atoms with Crippen LogP contribution in [-0.4, -0.2) is 17.7 Å². The van der Waals surface area contributed by atoms with Gasteiger partial charge >= 0.3 is 0 Å². The normalized spacial score (nSPS) is 19.8. The Bertz CT molecular complexity index is 861. The van der Waals surface area contributed by atoms with Gasteiger partial charge in [-0.2, -0.15) is 0 Å². The quantitative estimate of drug-likeness (QED) is 0.621. The van der Waals surface area contributed by atoms with Crippen LogP contribution < -0.4 is 16.4 Å². The first kappa shape index (κ1) is 21.2. The molecular formula is C24H33N3O2. The highest BCUT2D eigenvalue weighted by molar-refractivity contribution is 6.02. The van der Waals surface area contributed by atoms with E-state index in [0.29, 0.717) is 23.6 Å². The fourth-order valence-electron chi connectivity index (χ4n) is 4.52. The molecule has 2 aliphatic carbocycles. The van der Waals surface area contributed by atoms with Gasteiger partial charge in [-0.3, -0.25) is 9.59 Å². The van der Waals surface area contributed by atoms with E-state index in [0.717, 1.165) is 41.9 Å². The Morgan fingerprint density at radius 2 is 1.86 bits per heavy atom. The first-order valence-corrected chi connectivity index (χ1v) is 10.6. The molecule has 156 valence electrons. The van der Waals surface area contributed by atoms with Crippen LogP contribution in [0, 0.1) is 5.41 Å². The molecule has 5 nitrogen and oxygen atoms in total. The van der Waals surface area contributed by atoms with E-state index in [1.54, 1.807) is 6.07 Å². The van der Waals surface area contributed by atoms with Gasteiger partial charge in [0.15, 0.2) is 5.78 Å². The summed E-state index contributed by atoms with van der Waals surface area (Å²) in [5.41, 5.74) is 9.97. The number of nitrogens with two attached hydrogens (primary N) is 1. The second-order valence-electron chi connectivity index (χ2n) is 9.30. The second-order valence-corrected chi connectivity index (χ2v) is 9.30. The van der Waals surface area contributed by atoms with Gasteiger partial charge in [-0.15, -0.1) is 0 Å². The average molecular weight is 396 g/mol. The first-order valence-electron chi connectivity index (χ1n) is 10.6. The van der Waals surface area contributed by atoms with Gasteiger partial charge in [0.1, 0.15) is 0 Å². The van der Waals surface area contributed by atoms with Crippen LogP contribution in [-0.2, 0) is 4.79 Å². The molecule has 1 fully saturated rings. The van der Waals surface area contributed by atoms with Crippen LogP contribution in [0.3, 0.4) is 0 Å². The summed E-state index contributed by atoms with van der Waals surface area (Å²) in [6, 6.07) is 5.90. The fraction of sp³-hybridized carbons (Fsp3) is 0.500. The lowest BCUT2D eigenvalue weighted by atomic mass is 9.74. The van der Waals surface area contributed by atoms with Gasteiger partial charge in [-0.1, -0.05) is 39.7 Å². The predicted molar refractivity (Wildman–Crippen MR) is 119 cm³/mol. The van der Waals surface area contributed by atoms with Crippen LogP contribution in [0.4, 0.5) is 11.4 Å². The Morgan fingerprint density at radius 1 is 1.17 bits per heavy atom. The van der Waals surface area contributed by atoms with Gasteiger partial charge in [-0.05, 0) is 55.4 Å². The van der Waals surface area contributed by atoms with E-state index in [9.17, 15) is 9.59 Å². The summed E-state index contributed by atoms with van der Waals surface area (Å²) >= 11 is 0. The minimum absolute atomic E-state index is 0.102. The van der Waals surface area contributed by atoms with Gasteiger partial charge in [0.2, 0.25) is 0 Å². The number of hydrogen-bond acceptors (Lipinski definition) is 4. The van der Waals surface area contributed by atoms with Crippen LogP contribution >= 0.6 is 0 Å². The number of benzene rings is 1. The van der Waals surface area contributed by atoms with Crippen molar-refractivity contribution in [1.82, 2.24) is 0 Å². The molecule has 0 atom stereocenters. The Labute approximate surface area is 173 Å². The zero-order chi connectivity index (χ0) is 21.2. The van der Waals surface area contributed by atoms with Gasteiger partial charge in [0.05, 0.1) is 5.56 Å². The SMILES string of the molecule is C=C(C)C1=C(Nc2ccc(C(N)=O)c(NC3CCCCC3)c2)CC(C)(C)CC1=O. The van der Waals surface area contributed by atoms with Crippen molar-refractivity contribution in [1.29, 1.82) is 0 Å². The summed E-state index contributed by atoms with van der Waals surface area (Å²) in [7, 11) is 0. The monoisotopic (exact) mass is 395 g/mol. The third kappa shape index (κ3) is 5.08. The number of hydrogen-bond donors (Lipinski definition) is 3. The topological polar surface area (TPSA) is 84.2 Å². The second kappa shape index (κ2) is 8.44. The Hall–Kier alpha value is -2.56. The molecule has 1 aromatic rings. The van der Waals surface area contributed by atoms with Crippen molar-refractivity contribution in [2.24, 2.45) is 11.1 Å². The van der Waals surface area contributed by atoms with Gasteiger partial charge in [0, 0.05) is 35.1 Å². The molecule has 3 rings (SSSR count). The van der Waals surface area contributed by atoms with E-state index in [1.165, 1.54) is 19.3 Å². The van der Waals surface area contributed by atoms with Crippen molar-refractivity contribution in [3.63, 3.8) is 0 Å². The van der Waals surface area contributed by atoms with Crippen molar-refractivity contribution in [2.75, 3.05) is 10.6 Å².